The van der Waals surface area contributed by atoms with Crippen LogP contribution in [-0.2, 0) is 0 Å². The maximum absolute atomic E-state index is 11.0. The van der Waals surface area contributed by atoms with Crippen molar-refractivity contribution in [3.63, 3.8) is 0 Å². The van der Waals surface area contributed by atoms with Crippen molar-refractivity contribution in [3.8, 4) is 0 Å². The lowest BCUT2D eigenvalue weighted by atomic mass is 9.73. The van der Waals surface area contributed by atoms with E-state index < -0.39 is 11.5 Å². The second-order valence-electron chi connectivity index (χ2n) is 9.49. The van der Waals surface area contributed by atoms with Crippen LogP contribution in [0, 0.1) is 5.41 Å². The van der Waals surface area contributed by atoms with Gasteiger partial charge < -0.3 is 15.7 Å². The van der Waals surface area contributed by atoms with Crippen LogP contribution < -0.4 is 5.73 Å². The molecule has 1 aliphatic carbocycles. The Balaban J connectivity index is 1.42. The number of piperidine rings is 1. The van der Waals surface area contributed by atoms with E-state index in [0.29, 0.717) is 0 Å². The van der Waals surface area contributed by atoms with Crippen molar-refractivity contribution in [2.45, 2.75) is 45.3 Å². The molecule has 2 aromatic carbocycles. The van der Waals surface area contributed by atoms with Crippen LogP contribution in [0.1, 0.15) is 44.2 Å². The molecule has 3 heteroatoms. The molecular formula is C29H36N2O. The van der Waals surface area contributed by atoms with Gasteiger partial charge in [0.2, 0.25) is 0 Å². The Hall–Kier alpha value is -2.46. The predicted octanol–water partition coefficient (Wildman–Crippen LogP) is 5.19. The fourth-order valence-electron chi connectivity index (χ4n) is 4.97. The second-order valence-corrected chi connectivity index (χ2v) is 9.49. The Morgan fingerprint density at radius 2 is 1.59 bits per heavy atom. The Bertz CT molecular complexity index is 941. The first-order chi connectivity index (χ1) is 15.5. The van der Waals surface area contributed by atoms with Crippen molar-refractivity contribution in [3.05, 3.63) is 101 Å². The summed E-state index contributed by atoms with van der Waals surface area (Å²) >= 11 is 0. The van der Waals surface area contributed by atoms with Gasteiger partial charge in [-0.1, -0.05) is 97.0 Å². The van der Waals surface area contributed by atoms with Crippen molar-refractivity contribution < 1.29 is 5.11 Å². The quantitative estimate of drug-likeness (QED) is 0.666. The summed E-state index contributed by atoms with van der Waals surface area (Å²) in [5.41, 5.74) is 12.7. The van der Waals surface area contributed by atoms with Crippen molar-refractivity contribution in [2.24, 2.45) is 11.1 Å². The molecule has 3 N–H and O–H groups in total. The van der Waals surface area contributed by atoms with Crippen molar-refractivity contribution in [1.29, 1.82) is 0 Å². The Labute approximate surface area is 193 Å². The first-order valence-electron chi connectivity index (χ1n) is 11.8. The summed E-state index contributed by atoms with van der Waals surface area (Å²) in [6.07, 6.45) is 8.67. The lowest BCUT2D eigenvalue weighted by Crippen LogP contribution is -2.48. The van der Waals surface area contributed by atoms with Crippen LogP contribution in [0.5, 0.6) is 0 Å². The van der Waals surface area contributed by atoms with Crippen LogP contribution >= 0.6 is 0 Å². The van der Waals surface area contributed by atoms with Gasteiger partial charge in [0.15, 0.2) is 0 Å². The maximum Gasteiger partial charge on any atom is 0.0658 e. The molecule has 0 amide bonds. The highest BCUT2D eigenvalue weighted by Crippen LogP contribution is 2.35. The van der Waals surface area contributed by atoms with Crippen LogP contribution in [0.25, 0.3) is 5.57 Å². The summed E-state index contributed by atoms with van der Waals surface area (Å²) < 4.78 is 0. The molecule has 0 bridgehead atoms. The molecule has 1 aliphatic heterocycles. The fraction of sp³-hybridized carbons (Fsp3) is 0.379. The number of rotatable bonds is 6. The minimum atomic E-state index is -0.445. The van der Waals surface area contributed by atoms with Gasteiger partial charge in [0.05, 0.1) is 6.10 Å². The summed E-state index contributed by atoms with van der Waals surface area (Å²) in [7, 11) is 0. The number of hydrogen-bond acceptors (Lipinski definition) is 3. The van der Waals surface area contributed by atoms with Gasteiger partial charge in [-0.25, -0.2) is 0 Å². The zero-order valence-electron chi connectivity index (χ0n) is 19.4. The molecular weight excluding hydrogens is 392 g/mol. The SMILES string of the molecule is CC1=CC(N)C(C)(C(O)CCN2CCC(=C(c3ccccc3)c3ccccc3)CC2)C=C1. The summed E-state index contributed by atoms with van der Waals surface area (Å²) in [5.74, 6) is 0. The van der Waals surface area contributed by atoms with Crippen molar-refractivity contribution in [1.82, 2.24) is 4.90 Å². The highest BCUT2D eigenvalue weighted by atomic mass is 16.3. The summed E-state index contributed by atoms with van der Waals surface area (Å²) in [6, 6.07) is 21.4. The standard InChI is InChI=1S/C29H36N2O/c1-22-13-17-29(2,26(30)21-22)27(32)16-20-31-18-14-25(15-19-31)28(23-9-5-3-6-10-23)24-11-7-4-8-12-24/h3-13,17,21,26-27,32H,14-16,18-20,30H2,1-2H3. The van der Waals surface area contributed by atoms with Gasteiger partial charge in [-0.15, -0.1) is 0 Å². The van der Waals surface area contributed by atoms with Crippen LogP contribution in [0.4, 0.5) is 0 Å². The molecule has 168 valence electrons. The summed E-state index contributed by atoms with van der Waals surface area (Å²) in [5, 5.41) is 11.0. The maximum atomic E-state index is 11.0. The second kappa shape index (κ2) is 9.99. The first kappa shape index (κ1) is 22.7. The number of hydrogen-bond donors (Lipinski definition) is 2. The Kier molecular flexibility index (Phi) is 7.10. The number of nitrogens with zero attached hydrogens (tertiary/aromatic N) is 1. The lowest BCUT2D eigenvalue weighted by molar-refractivity contribution is 0.0431. The highest BCUT2D eigenvalue weighted by molar-refractivity contribution is 5.82. The molecule has 0 saturated carbocycles. The van der Waals surface area contributed by atoms with Gasteiger partial charge in [-0.3, -0.25) is 0 Å². The van der Waals surface area contributed by atoms with Crippen LogP contribution in [0.15, 0.2) is 90.0 Å². The smallest absolute Gasteiger partial charge is 0.0658 e. The molecule has 32 heavy (non-hydrogen) atoms. The van der Waals surface area contributed by atoms with E-state index in [1.807, 2.05) is 0 Å². The zero-order valence-corrected chi connectivity index (χ0v) is 19.4. The van der Waals surface area contributed by atoms with E-state index in [2.05, 4.69) is 97.6 Å². The molecule has 4 rings (SSSR count). The molecule has 3 nitrogen and oxygen atoms in total. The number of allylic oxidation sites excluding steroid dienone is 2. The number of benzene rings is 2. The third kappa shape index (κ3) is 4.96. The largest absolute Gasteiger partial charge is 0.392 e. The van der Waals surface area contributed by atoms with Gasteiger partial charge in [0.1, 0.15) is 0 Å². The molecule has 3 unspecified atom stereocenters. The normalized spacial score (nSPS) is 24.8. The number of aliphatic hydroxyl groups is 1. The van der Waals surface area contributed by atoms with Crippen molar-refractivity contribution >= 4 is 5.57 Å². The molecule has 1 heterocycles. The lowest BCUT2D eigenvalue weighted by Gasteiger charge is -2.39. The first-order valence-corrected chi connectivity index (χ1v) is 11.8. The molecule has 0 aromatic heterocycles. The van der Waals surface area contributed by atoms with E-state index in [-0.39, 0.29) is 6.04 Å². The van der Waals surface area contributed by atoms with E-state index in [0.717, 1.165) is 38.9 Å². The molecule has 0 spiro atoms. The van der Waals surface area contributed by atoms with E-state index in [1.54, 1.807) is 0 Å². The fourth-order valence-corrected chi connectivity index (χ4v) is 4.97. The van der Waals surface area contributed by atoms with E-state index in [9.17, 15) is 5.11 Å². The number of aliphatic hydroxyl groups excluding tert-OH is 1. The van der Waals surface area contributed by atoms with Gasteiger partial charge in [-0.2, -0.15) is 0 Å². The van der Waals surface area contributed by atoms with Crippen LogP contribution in [-0.4, -0.2) is 41.8 Å². The van der Waals surface area contributed by atoms with Crippen LogP contribution in [0.3, 0.4) is 0 Å². The zero-order chi connectivity index (χ0) is 22.6. The predicted molar refractivity (Wildman–Crippen MR) is 134 cm³/mol. The molecule has 2 aromatic rings. The Morgan fingerprint density at radius 1 is 1.03 bits per heavy atom. The third-order valence-corrected chi connectivity index (χ3v) is 7.24. The molecule has 1 saturated heterocycles. The van der Waals surface area contributed by atoms with E-state index in [1.165, 1.54) is 27.8 Å². The third-order valence-electron chi connectivity index (χ3n) is 7.24. The van der Waals surface area contributed by atoms with Gasteiger partial charge in [-0.05, 0) is 42.9 Å². The minimum absolute atomic E-state index is 0.141. The summed E-state index contributed by atoms with van der Waals surface area (Å²) in [6.45, 7) is 7.09. The summed E-state index contributed by atoms with van der Waals surface area (Å²) in [4.78, 5) is 2.49. The average Bonchev–Trinajstić information content (AvgIpc) is 2.82. The number of likely N-dealkylation sites (tertiary alicyclic amines) is 1. The molecule has 1 fully saturated rings. The van der Waals surface area contributed by atoms with E-state index >= 15 is 0 Å². The minimum Gasteiger partial charge on any atom is -0.392 e. The molecule has 2 aliphatic rings. The van der Waals surface area contributed by atoms with Gasteiger partial charge in [0.25, 0.3) is 0 Å². The molecule has 3 atom stereocenters. The highest BCUT2D eigenvalue weighted by Gasteiger charge is 2.37. The topological polar surface area (TPSA) is 49.5 Å². The monoisotopic (exact) mass is 428 g/mol. The molecule has 0 radical (unpaired) electrons. The average molecular weight is 429 g/mol. The van der Waals surface area contributed by atoms with Gasteiger partial charge in [0, 0.05) is 31.1 Å². The van der Waals surface area contributed by atoms with Gasteiger partial charge >= 0.3 is 0 Å². The van der Waals surface area contributed by atoms with Crippen molar-refractivity contribution in [2.75, 3.05) is 19.6 Å². The number of nitrogens with two attached hydrogens (primary N) is 1. The van der Waals surface area contributed by atoms with Crippen LogP contribution in [0.2, 0.25) is 0 Å². The Morgan fingerprint density at radius 3 is 2.12 bits per heavy atom. The van der Waals surface area contributed by atoms with E-state index in [4.69, 9.17) is 5.73 Å².